The molecule has 0 atom stereocenters. The first-order valence-electron chi connectivity index (χ1n) is 15.0. The summed E-state index contributed by atoms with van der Waals surface area (Å²) in [6.45, 7) is 9.71. The first kappa shape index (κ1) is 34.2. The number of nitrogens with two attached hydrogens (primary N) is 2. The number of hydrogen-bond donors (Lipinski definition) is 4. The minimum Gasteiger partial charge on any atom is -0.330 e. The van der Waals surface area contributed by atoms with Gasteiger partial charge in [0.05, 0.1) is 11.0 Å². The smallest absolute Gasteiger partial charge is 0.0967 e. The zero-order chi connectivity index (χ0) is 29.6. The number of nitrogens with one attached hydrogen (secondary N) is 2. The quantitative estimate of drug-likeness (QED) is 0.0768. The third-order valence-electron chi connectivity index (χ3n) is 7.22. The van der Waals surface area contributed by atoms with Crippen LogP contribution in [0.2, 0.25) is 0 Å². The second kappa shape index (κ2) is 18.4. The Morgan fingerprint density at radius 1 is 0.628 bits per heavy atom. The molecular formula is C36H44N6Pt. The number of aromatic nitrogens is 2. The van der Waals surface area contributed by atoms with Crippen molar-refractivity contribution in [3.05, 3.63) is 108 Å². The van der Waals surface area contributed by atoms with Crippen molar-refractivity contribution < 1.29 is 21.1 Å². The molecule has 0 radical (unpaired) electrons. The molecule has 43 heavy (non-hydrogen) atoms. The van der Waals surface area contributed by atoms with E-state index in [0.717, 1.165) is 68.5 Å². The van der Waals surface area contributed by atoms with E-state index in [2.05, 4.69) is 107 Å². The molecule has 0 aliphatic heterocycles. The topological polar surface area (TPSA) is 102 Å². The fourth-order valence-electron chi connectivity index (χ4n) is 5.10. The Balaban J connectivity index is 0.000000195. The van der Waals surface area contributed by atoms with E-state index in [9.17, 15) is 0 Å². The van der Waals surface area contributed by atoms with Gasteiger partial charge >= 0.3 is 0 Å². The Kier molecular flexibility index (Phi) is 14.7. The van der Waals surface area contributed by atoms with E-state index in [1.165, 1.54) is 38.1 Å². The molecule has 4 aromatic carbocycles. The average molecular weight is 756 g/mol. The summed E-state index contributed by atoms with van der Waals surface area (Å²) in [6.07, 6.45) is 5.73. The third-order valence-corrected chi connectivity index (χ3v) is 7.22. The van der Waals surface area contributed by atoms with E-state index in [1.54, 1.807) is 0 Å². The largest absolute Gasteiger partial charge is 0.330 e. The van der Waals surface area contributed by atoms with Crippen molar-refractivity contribution in [1.82, 2.24) is 20.6 Å². The third kappa shape index (κ3) is 9.37. The number of aryl methyl sites for hydroxylation is 1. The van der Waals surface area contributed by atoms with E-state index in [0.29, 0.717) is 0 Å². The van der Waals surface area contributed by atoms with Crippen molar-refractivity contribution in [2.45, 2.75) is 33.2 Å². The Bertz CT molecular complexity index is 1650. The number of fused-ring (bicyclic) bond motifs is 5. The van der Waals surface area contributed by atoms with Gasteiger partial charge in [0.15, 0.2) is 0 Å². The fourth-order valence-corrected chi connectivity index (χ4v) is 5.10. The molecule has 0 saturated carbocycles. The minimum atomic E-state index is 0. The monoisotopic (exact) mass is 755 g/mol. The van der Waals surface area contributed by atoms with Crippen LogP contribution in [0, 0.1) is 6.92 Å². The Labute approximate surface area is 269 Å². The maximum Gasteiger partial charge on any atom is 0.0967 e. The standard InChI is InChI=1S/C18H20N2.C13H10N2.C5H14N2.Pt/c19-10-5-11-20-13-18-16-8-3-1-6-14(16)12-15-7-2-4-9-17(15)18;1-9-8-10-4-2-6-14-12(10)13-11(9)5-3-7-15-13;1-2-7-5-3-4-6;/h1-4,6-9,12,20H,5,10-11,13,19H2;2-8H,1H3;7H,2-6H2,1H3;. The molecule has 6 nitrogen and oxygen atoms in total. The van der Waals surface area contributed by atoms with Gasteiger partial charge in [-0.3, -0.25) is 9.97 Å². The predicted octanol–water partition coefficient (Wildman–Crippen LogP) is 6.47. The summed E-state index contributed by atoms with van der Waals surface area (Å²) in [5, 5.41) is 14.3. The van der Waals surface area contributed by atoms with Gasteiger partial charge in [-0.05, 0) is 109 Å². The van der Waals surface area contributed by atoms with Gasteiger partial charge in [-0.25, -0.2) is 0 Å². The number of benzene rings is 4. The molecule has 2 heterocycles. The molecule has 0 aliphatic rings. The summed E-state index contributed by atoms with van der Waals surface area (Å²) >= 11 is 0. The van der Waals surface area contributed by atoms with Crippen molar-refractivity contribution >= 4 is 43.4 Å². The fraction of sp³-hybridized carbons (Fsp3) is 0.278. The maximum absolute atomic E-state index is 5.55. The molecular weight excluding hydrogens is 712 g/mol. The van der Waals surface area contributed by atoms with Crippen LogP contribution in [0.3, 0.4) is 0 Å². The van der Waals surface area contributed by atoms with Crippen LogP contribution in [0.15, 0.2) is 97.3 Å². The average Bonchev–Trinajstić information content (AvgIpc) is 3.04. The summed E-state index contributed by atoms with van der Waals surface area (Å²) in [5.74, 6) is 0. The first-order valence-corrected chi connectivity index (χ1v) is 15.0. The second-order valence-electron chi connectivity index (χ2n) is 10.3. The van der Waals surface area contributed by atoms with Gasteiger partial charge in [0, 0.05) is 50.8 Å². The van der Waals surface area contributed by atoms with Crippen LogP contribution in [0.5, 0.6) is 0 Å². The maximum atomic E-state index is 5.55. The van der Waals surface area contributed by atoms with E-state index in [4.69, 9.17) is 11.5 Å². The Hall–Kier alpha value is -3.25. The van der Waals surface area contributed by atoms with Crippen LogP contribution in [-0.2, 0) is 27.6 Å². The summed E-state index contributed by atoms with van der Waals surface area (Å²) in [7, 11) is 0. The van der Waals surface area contributed by atoms with Gasteiger partial charge < -0.3 is 22.1 Å². The van der Waals surface area contributed by atoms with Crippen LogP contribution in [0.1, 0.15) is 30.9 Å². The van der Waals surface area contributed by atoms with E-state index < -0.39 is 0 Å². The van der Waals surface area contributed by atoms with Gasteiger partial charge in [-0.1, -0.05) is 67.6 Å². The normalized spacial score (nSPS) is 10.6. The molecule has 0 saturated heterocycles. The molecule has 0 bridgehead atoms. The van der Waals surface area contributed by atoms with Crippen molar-refractivity contribution in [2.75, 3.05) is 32.7 Å². The second-order valence-corrected chi connectivity index (χ2v) is 10.3. The van der Waals surface area contributed by atoms with E-state index in [1.807, 2.05) is 24.5 Å². The number of pyridine rings is 2. The number of rotatable bonds is 9. The molecule has 0 unspecified atom stereocenters. The molecule has 0 aliphatic carbocycles. The summed E-state index contributed by atoms with van der Waals surface area (Å²) in [5.41, 5.74) is 15.4. The Morgan fingerprint density at radius 2 is 1.16 bits per heavy atom. The predicted molar refractivity (Wildman–Crippen MR) is 181 cm³/mol. The van der Waals surface area contributed by atoms with Crippen molar-refractivity contribution in [2.24, 2.45) is 11.5 Å². The van der Waals surface area contributed by atoms with Gasteiger partial charge in [0.2, 0.25) is 0 Å². The van der Waals surface area contributed by atoms with Crippen molar-refractivity contribution in [3.63, 3.8) is 0 Å². The van der Waals surface area contributed by atoms with Crippen LogP contribution in [0.4, 0.5) is 0 Å². The van der Waals surface area contributed by atoms with Crippen LogP contribution < -0.4 is 22.1 Å². The SMILES string of the molecule is CCNCCCN.Cc1cc2cccnc2c2ncccc12.NCCCNCc1c2ccccc2cc2ccccc12.[Pt]. The van der Waals surface area contributed by atoms with Crippen molar-refractivity contribution in [3.8, 4) is 0 Å². The molecule has 6 N–H and O–H groups in total. The molecule has 0 fully saturated rings. The van der Waals surface area contributed by atoms with Gasteiger partial charge in [0.25, 0.3) is 0 Å². The zero-order valence-corrected chi connectivity index (χ0v) is 27.5. The molecule has 6 aromatic rings. The van der Waals surface area contributed by atoms with Gasteiger partial charge in [0.1, 0.15) is 0 Å². The molecule has 7 heteroatoms. The van der Waals surface area contributed by atoms with Crippen molar-refractivity contribution in [1.29, 1.82) is 0 Å². The minimum absolute atomic E-state index is 0. The summed E-state index contributed by atoms with van der Waals surface area (Å²) in [4.78, 5) is 8.80. The van der Waals surface area contributed by atoms with Crippen LogP contribution in [0.25, 0.3) is 43.4 Å². The van der Waals surface area contributed by atoms with E-state index >= 15 is 0 Å². The summed E-state index contributed by atoms with van der Waals surface area (Å²) in [6, 6.07) is 29.7. The molecule has 0 spiro atoms. The number of nitrogens with zero attached hydrogens (tertiary/aromatic N) is 2. The first-order chi connectivity index (χ1) is 20.7. The number of hydrogen-bond acceptors (Lipinski definition) is 6. The van der Waals surface area contributed by atoms with Crippen LogP contribution in [-0.4, -0.2) is 42.7 Å². The summed E-state index contributed by atoms with van der Waals surface area (Å²) < 4.78 is 0. The van der Waals surface area contributed by atoms with Gasteiger partial charge in [-0.15, -0.1) is 0 Å². The molecule has 6 rings (SSSR count). The molecule has 0 amide bonds. The molecule has 2 aromatic heterocycles. The molecule has 228 valence electrons. The van der Waals surface area contributed by atoms with Crippen LogP contribution >= 0.6 is 0 Å². The van der Waals surface area contributed by atoms with E-state index in [-0.39, 0.29) is 21.1 Å². The zero-order valence-electron chi connectivity index (χ0n) is 25.3. The van der Waals surface area contributed by atoms with Gasteiger partial charge in [-0.2, -0.15) is 0 Å². The Morgan fingerprint density at radius 3 is 1.79 bits per heavy atom.